The van der Waals surface area contributed by atoms with Crippen LogP contribution in [0.2, 0.25) is 0 Å². The van der Waals surface area contributed by atoms with Gasteiger partial charge in [-0.05, 0) is 17.7 Å². The van der Waals surface area contributed by atoms with Gasteiger partial charge in [-0.2, -0.15) is 5.26 Å². The number of carbonyl (C=O) groups excluding carboxylic acids is 1. The van der Waals surface area contributed by atoms with Gasteiger partial charge >= 0.3 is 12.3 Å². The van der Waals surface area contributed by atoms with Gasteiger partial charge in [-0.15, -0.1) is 13.2 Å². The number of carbonyl (C=O) groups is 1. The molecule has 0 heterocycles. The van der Waals surface area contributed by atoms with E-state index in [1.165, 1.54) is 12.1 Å². The Hall–Kier alpha value is -1.75. The third-order valence-corrected chi connectivity index (χ3v) is 2.71. The topological polar surface area (TPSA) is 59.3 Å². The van der Waals surface area contributed by atoms with Crippen LogP contribution < -0.4 is 4.74 Å². The summed E-state index contributed by atoms with van der Waals surface area (Å²) in [6.45, 7) is 0. The molecule has 0 unspecified atom stereocenters. The molecule has 0 aliphatic heterocycles. The lowest BCUT2D eigenvalue weighted by molar-refractivity contribution is -0.274. The van der Waals surface area contributed by atoms with E-state index in [1.54, 1.807) is 0 Å². The summed E-state index contributed by atoms with van der Waals surface area (Å²) in [4.78, 5) is 11.5. The molecule has 0 amide bonds. The minimum Gasteiger partial charge on any atom is -0.465 e. The van der Waals surface area contributed by atoms with Gasteiger partial charge in [0.05, 0.1) is 12.7 Å². The van der Waals surface area contributed by atoms with E-state index in [9.17, 15) is 18.0 Å². The zero-order chi connectivity index (χ0) is 14.6. The number of halogens is 4. The summed E-state index contributed by atoms with van der Waals surface area (Å²) in [6, 6.07) is 3.81. The predicted octanol–water partition coefficient (Wildman–Crippen LogP) is 3.14. The molecule has 19 heavy (non-hydrogen) atoms. The number of hydrogen-bond donors (Lipinski definition) is 0. The third-order valence-electron chi connectivity index (χ3n) is 2.06. The highest BCUT2D eigenvalue weighted by molar-refractivity contribution is 9.08. The van der Waals surface area contributed by atoms with E-state index in [2.05, 4.69) is 25.4 Å². The van der Waals surface area contributed by atoms with Crippen LogP contribution in [0.1, 0.15) is 21.5 Å². The highest BCUT2D eigenvalue weighted by Crippen LogP contribution is 2.30. The maximum atomic E-state index is 12.2. The number of esters is 1. The molecule has 0 radical (unpaired) electrons. The van der Waals surface area contributed by atoms with E-state index in [0.29, 0.717) is 5.56 Å². The highest BCUT2D eigenvalue weighted by atomic mass is 79.9. The number of nitriles is 1. The highest BCUT2D eigenvalue weighted by Gasteiger charge is 2.33. The first-order valence-electron chi connectivity index (χ1n) is 4.79. The molecular formula is C11H7BrF3NO3. The predicted molar refractivity (Wildman–Crippen MR) is 61.8 cm³/mol. The maximum Gasteiger partial charge on any atom is 0.573 e. The number of ether oxygens (including phenoxy) is 2. The quantitative estimate of drug-likeness (QED) is 0.628. The van der Waals surface area contributed by atoms with Crippen LogP contribution in [0.4, 0.5) is 13.2 Å². The molecule has 0 atom stereocenters. The Morgan fingerprint density at radius 2 is 2.11 bits per heavy atom. The van der Waals surface area contributed by atoms with Gasteiger partial charge in [-0.1, -0.05) is 15.9 Å². The van der Waals surface area contributed by atoms with Gasteiger partial charge in [0, 0.05) is 5.33 Å². The fourth-order valence-corrected chi connectivity index (χ4v) is 1.66. The van der Waals surface area contributed by atoms with Gasteiger partial charge in [-0.25, -0.2) is 4.79 Å². The summed E-state index contributed by atoms with van der Waals surface area (Å²) >= 11 is 3.05. The maximum absolute atomic E-state index is 12.2. The molecule has 0 fully saturated rings. The van der Waals surface area contributed by atoms with E-state index >= 15 is 0 Å². The van der Waals surface area contributed by atoms with Crippen LogP contribution in [0.3, 0.4) is 0 Å². The van der Waals surface area contributed by atoms with Crippen molar-refractivity contribution >= 4 is 21.9 Å². The average molecular weight is 338 g/mol. The lowest BCUT2D eigenvalue weighted by Crippen LogP contribution is -2.19. The first-order valence-corrected chi connectivity index (χ1v) is 5.91. The Morgan fingerprint density at radius 3 is 2.53 bits per heavy atom. The standard InChI is InChI=1S/C11H7BrF3NO3/c1-18-10(17)7-2-6(4-12)3-9(8(7)5-16)19-11(13,14)15/h2-3H,4H2,1H3. The van der Waals surface area contributed by atoms with Crippen LogP contribution in [0.15, 0.2) is 12.1 Å². The van der Waals surface area contributed by atoms with Crippen molar-refractivity contribution in [3.8, 4) is 11.8 Å². The van der Waals surface area contributed by atoms with Crippen LogP contribution in [0, 0.1) is 11.3 Å². The minimum absolute atomic E-state index is 0.191. The molecule has 0 N–H and O–H groups in total. The van der Waals surface area contributed by atoms with Crippen molar-refractivity contribution in [1.82, 2.24) is 0 Å². The third kappa shape index (κ3) is 3.86. The molecule has 0 spiro atoms. The lowest BCUT2D eigenvalue weighted by atomic mass is 10.0. The van der Waals surface area contributed by atoms with E-state index in [1.807, 2.05) is 0 Å². The molecule has 1 aromatic rings. The van der Waals surface area contributed by atoms with Crippen LogP contribution in [-0.4, -0.2) is 19.4 Å². The summed E-state index contributed by atoms with van der Waals surface area (Å²) in [5.41, 5.74) is -0.450. The molecule has 0 aliphatic carbocycles. The van der Waals surface area contributed by atoms with Crippen molar-refractivity contribution < 1.29 is 27.4 Å². The van der Waals surface area contributed by atoms with E-state index in [0.717, 1.165) is 13.2 Å². The molecule has 1 rings (SSSR count). The van der Waals surface area contributed by atoms with Crippen LogP contribution in [0.5, 0.6) is 5.75 Å². The molecular weight excluding hydrogens is 331 g/mol. The van der Waals surface area contributed by atoms with Crippen LogP contribution >= 0.6 is 15.9 Å². The molecule has 0 saturated heterocycles. The van der Waals surface area contributed by atoms with Crippen molar-refractivity contribution in [3.05, 3.63) is 28.8 Å². The average Bonchev–Trinajstić information content (AvgIpc) is 2.34. The second kappa shape index (κ2) is 5.93. The monoisotopic (exact) mass is 337 g/mol. The molecule has 0 aromatic heterocycles. The number of rotatable bonds is 3. The summed E-state index contributed by atoms with van der Waals surface area (Å²) in [7, 11) is 1.06. The van der Waals surface area contributed by atoms with Gasteiger partial charge in [-0.3, -0.25) is 0 Å². The van der Waals surface area contributed by atoms with Gasteiger partial charge in [0.25, 0.3) is 0 Å². The first-order chi connectivity index (χ1) is 8.82. The normalized spacial score (nSPS) is 10.7. The zero-order valence-corrected chi connectivity index (χ0v) is 11.1. The molecule has 8 heteroatoms. The Balaban J connectivity index is 3.44. The smallest absolute Gasteiger partial charge is 0.465 e. The molecule has 4 nitrogen and oxygen atoms in total. The number of benzene rings is 1. The Labute approximate surface area is 114 Å². The van der Waals surface area contributed by atoms with E-state index in [4.69, 9.17) is 5.26 Å². The number of hydrogen-bond acceptors (Lipinski definition) is 4. The van der Waals surface area contributed by atoms with Gasteiger partial charge in [0.15, 0.2) is 0 Å². The minimum atomic E-state index is -4.95. The van der Waals surface area contributed by atoms with Gasteiger partial charge in [0.2, 0.25) is 0 Å². The van der Waals surface area contributed by atoms with Gasteiger partial charge < -0.3 is 9.47 Å². The van der Waals surface area contributed by atoms with Crippen LogP contribution in [0.25, 0.3) is 0 Å². The first kappa shape index (κ1) is 15.3. The Morgan fingerprint density at radius 1 is 1.47 bits per heavy atom. The van der Waals surface area contributed by atoms with Crippen molar-refractivity contribution in [3.63, 3.8) is 0 Å². The van der Waals surface area contributed by atoms with Gasteiger partial charge in [0.1, 0.15) is 17.4 Å². The summed E-state index contributed by atoms with van der Waals surface area (Å²) in [5, 5.41) is 9.08. The molecule has 0 aliphatic rings. The van der Waals surface area contributed by atoms with E-state index < -0.39 is 23.6 Å². The fourth-order valence-electron chi connectivity index (χ4n) is 1.34. The zero-order valence-electron chi connectivity index (χ0n) is 9.55. The summed E-state index contributed by atoms with van der Waals surface area (Å²) < 4.78 is 44.9. The van der Waals surface area contributed by atoms with Crippen LogP contribution in [-0.2, 0) is 10.1 Å². The number of nitrogens with zero attached hydrogens (tertiary/aromatic N) is 1. The molecule has 0 bridgehead atoms. The number of alkyl halides is 4. The summed E-state index contributed by atoms with van der Waals surface area (Å²) in [5.74, 6) is -1.64. The van der Waals surface area contributed by atoms with Crippen molar-refractivity contribution in [2.45, 2.75) is 11.7 Å². The fraction of sp³-hybridized carbons (Fsp3) is 0.273. The second-order valence-electron chi connectivity index (χ2n) is 3.30. The molecule has 102 valence electrons. The Kier molecular flexibility index (Phi) is 4.78. The van der Waals surface area contributed by atoms with Crippen molar-refractivity contribution in [1.29, 1.82) is 5.26 Å². The lowest BCUT2D eigenvalue weighted by Gasteiger charge is -2.13. The number of methoxy groups -OCH3 is 1. The molecule has 0 saturated carbocycles. The SMILES string of the molecule is COC(=O)c1cc(CBr)cc(OC(F)(F)F)c1C#N. The summed E-state index contributed by atoms with van der Waals surface area (Å²) in [6.07, 6.45) is -4.95. The Bertz CT molecular complexity index is 537. The van der Waals surface area contributed by atoms with E-state index in [-0.39, 0.29) is 10.9 Å². The van der Waals surface area contributed by atoms with Crippen molar-refractivity contribution in [2.75, 3.05) is 7.11 Å². The van der Waals surface area contributed by atoms with Crippen molar-refractivity contribution in [2.24, 2.45) is 0 Å². The second-order valence-corrected chi connectivity index (χ2v) is 3.86. The molecule has 1 aromatic carbocycles. The largest absolute Gasteiger partial charge is 0.573 e.